The number of aryl methyl sites for hydroxylation is 1. The lowest BCUT2D eigenvalue weighted by Crippen LogP contribution is -2.12. The minimum atomic E-state index is -0.571. The molecule has 0 spiro atoms. The zero-order valence-corrected chi connectivity index (χ0v) is 17.0. The number of halogens is 1. The van der Waals surface area contributed by atoms with E-state index in [0.29, 0.717) is 11.6 Å². The van der Waals surface area contributed by atoms with E-state index >= 15 is 0 Å². The van der Waals surface area contributed by atoms with Gasteiger partial charge in [-0.25, -0.2) is 4.98 Å². The van der Waals surface area contributed by atoms with Gasteiger partial charge in [0, 0.05) is 41.8 Å². The summed E-state index contributed by atoms with van der Waals surface area (Å²) in [6, 6.07) is 12.5. The highest BCUT2D eigenvalue weighted by Crippen LogP contribution is 2.24. The fourth-order valence-electron chi connectivity index (χ4n) is 2.66. The number of rotatable bonds is 7. The summed E-state index contributed by atoms with van der Waals surface area (Å²) < 4.78 is 0. The third-order valence-corrected chi connectivity index (χ3v) is 4.33. The van der Waals surface area contributed by atoms with Crippen molar-refractivity contribution in [1.82, 2.24) is 9.97 Å². The normalized spacial score (nSPS) is 10.4. The van der Waals surface area contributed by atoms with Crippen molar-refractivity contribution in [3.8, 4) is 0 Å². The number of nitro benzene ring substituents is 1. The molecule has 10 heteroatoms. The Hall–Kier alpha value is -3.72. The van der Waals surface area contributed by atoms with Crippen LogP contribution in [0.25, 0.3) is 0 Å². The van der Waals surface area contributed by atoms with Crippen LogP contribution in [0.3, 0.4) is 0 Å². The van der Waals surface area contributed by atoms with Crippen LogP contribution in [0.5, 0.6) is 0 Å². The highest BCUT2D eigenvalue weighted by molar-refractivity contribution is 6.34. The lowest BCUT2D eigenvalue weighted by atomic mass is 10.2. The van der Waals surface area contributed by atoms with Crippen molar-refractivity contribution in [2.75, 3.05) is 22.5 Å². The molecular weight excluding hydrogens is 408 g/mol. The number of nitrogens with one attached hydrogen (secondary N) is 3. The first-order chi connectivity index (χ1) is 14.4. The van der Waals surface area contributed by atoms with Crippen LogP contribution in [0.2, 0.25) is 5.02 Å². The molecule has 0 saturated heterocycles. The summed E-state index contributed by atoms with van der Waals surface area (Å²) in [5.41, 5.74) is 2.08. The Labute approximate surface area is 177 Å². The minimum absolute atomic E-state index is 0.00748. The van der Waals surface area contributed by atoms with Crippen LogP contribution in [0, 0.1) is 17.0 Å². The van der Waals surface area contributed by atoms with Gasteiger partial charge in [0.1, 0.15) is 5.82 Å². The molecule has 1 aromatic heterocycles. The predicted octanol–water partition coefficient (Wildman–Crippen LogP) is 4.77. The second-order valence-electron chi connectivity index (χ2n) is 6.33. The summed E-state index contributed by atoms with van der Waals surface area (Å²) in [5, 5.41) is 19.8. The van der Waals surface area contributed by atoms with Crippen LogP contribution in [0.1, 0.15) is 23.0 Å². The standard InChI is InChI=1S/C20H19ClN6O3/c1-3-22-18-10-12(2)23-20(26-18)25-14-6-4-13(5-7-14)24-19(28)16-9-8-15(27(29)30)11-17(16)21/h4-11H,3H2,1-2H3,(H,24,28)(H2,22,23,25,26). The van der Waals surface area contributed by atoms with Gasteiger partial charge in [0.05, 0.1) is 15.5 Å². The molecule has 1 amide bonds. The Morgan fingerprint density at radius 1 is 1.10 bits per heavy atom. The van der Waals surface area contributed by atoms with Crippen molar-refractivity contribution in [2.45, 2.75) is 13.8 Å². The summed E-state index contributed by atoms with van der Waals surface area (Å²) in [4.78, 5) is 31.4. The molecule has 0 aliphatic rings. The molecule has 0 saturated carbocycles. The lowest BCUT2D eigenvalue weighted by Gasteiger charge is -2.10. The van der Waals surface area contributed by atoms with Gasteiger partial charge in [0.25, 0.3) is 11.6 Å². The van der Waals surface area contributed by atoms with Gasteiger partial charge in [-0.05, 0) is 44.2 Å². The summed E-state index contributed by atoms with van der Waals surface area (Å²) in [7, 11) is 0. The van der Waals surface area contributed by atoms with Gasteiger partial charge in [-0.15, -0.1) is 0 Å². The molecule has 0 aliphatic carbocycles. The average Bonchev–Trinajstić information content (AvgIpc) is 2.69. The van der Waals surface area contributed by atoms with Gasteiger partial charge < -0.3 is 16.0 Å². The van der Waals surface area contributed by atoms with Gasteiger partial charge in [-0.1, -0.05) is 11.6 Å². The number of carbonyl (C=O) groups excluding carboxylic acids is 1. The Morgan fingerprint density at radius 3 is 2.43 bits per heavy atom. The summed E-state index contributed by atoms with van der Waals surface area (Å²) in [5.74, 6) is 0.727. The van der Waals surface area contributed by atoms with E-state index in [2.05, 4.69) is 25.9 Å². The van der Waals surface area contributed by atoms with E-state index in [-0.39, 0.29) is 16.3 Å². The molecule has 0 aliphatic heterocycles. The number of carbonyl (C=O) groups is 1. The van der Waals surface area contributed by atoms with Crippen LogP contribution in [-0.4, -0.2) is 27.3 Å². The molecule has 9 nitrogen and oxygen atoms in total. The number of nitro groups is 1. The number of non-ortho nitro benzene ring substituents is 1. The number of amides is 1. The monoisotopic (exact) mass is 426 g/mol. The summed E-state index contributed by atoms with van der Waals surface area (Å²) >= 11 is 6.00. The zero-order valence-electron chi connectivity index (χ0n) is 16.3. The molecule has 30 heavy (non-hydrogen) atoms. The lowest BCUT2D eigenvalue weighted by molar-refractivity contribution is -0.384. The van der Waals surface area contributed by atoms with Gasteiger partial charge in [0.15, 0.2) is 0 Å². The molecule has 1 heterocycles. The van der Waals surface area contributed by atoms with Gasteiger partial charge in [-0.3, -0.25) is 14.9 Å². The van der Waals surface area contributed by atoms with E-state index in [9.17, 15) is 14.9 Å². The Kier molecular flexibility index (Phi) is 6.43. The second-order valence-corrected chi connectivity index (χ2v) is 6.73. The largest absolute Gasteiger partial charge is 0.370 e. The number of hydrogen-bond acceptors (Lipinski definition) is 7. The highest BCUT2D eigenvalue weighted by atomic mass is 35.5. The molecule has 0 bridgehead atoms. The van der Waals surface area contributed by atoms with Crippen molar-refractivity contribution in [3.63, 3.8) is 0 Å². The van der Waals surface area contributed by atoms with E-state index in [1.807, 2.05) is 19.9 Å². The van der Waals surface area contributed by atoms with Crippen LogP contribution >= 0.6 is 11.6 Å². The SMILES string of the molecule is CCNc1cc(C)nc(Nc2ccc(NC(=O)c3ccc([N+](=O)[O-])cc3Cl)cc2)n1. The van der Waals surface area contributed by atoms with Gasteiger partial charge in [-0.2, -0.15) is 4.98 Å². The van der Waals surface area contributed by atoms with Crippen molar-refractivity contribution >= 4 is 46.3 Å². The van der Waals surface area contributed by atoms with E-state index in [1.165, 1.54) is 12.1 Å². The Morgan fingerprint density at radius 2 is 1.80 bits per heavy atom. The van der Waals surface area contributed by atoms with Gasteiger partial charge in [0.2, 0.25) is 5.95 Å². The summed E-state index contributed by atoms with van der Waals surface area (Å²) in [6.45, 7) is 4.63. The van der Waals surface area contributed by atoms with Crippen molar-refractivity contribution in [1.29, 1.82) is 0 Å². The van der Waals surface area contributed by atoms with Crippen LogP contribution in [-0.2, 0) is 0 Å². The second kappa shape index (κ2) is 9.19. The molecule has 0 atom stereocenters. The van der Waals surface area contributed by atoms with E-state index in [1.54, 1.807) is 24.3 Å². The molecular formula is C20H19ClN6O3. The number of aromatic nitrogens is 2. The Balaban J connectivity index is 1.69. The van der Waals surface area contributed by atoms with Gasteiger partial charge >= 0.3 is 0 Å². The quantitative estimate of drug-likeness (QED) is 0.367. The molecule has 0 unspecified atom stereocenters. The first kappa shape index (κ1) is 21.0. The molecule has 154 valence electrons. The van der Waals surface area contributed by atoms with Crippen molar-refractivity contribution in [2.24, 2.45) is 0 Å². The average molecular weight is 427 g/mol. The number of benzene rings is 2. The van der Waals surface area contributed by atoms with E-state index < -0.39 is 10.8 Å². The van der Waals surface area contributed by atoms with Crippen LogP contribution in [0.15, 0.2) is 48.5 Å². The van der Waals surface area contributed by atoms with Crippen molar-refractivity contribution in [3.05, 3.63) is 74.9 Å². The topological polar surface area (TPSA) is 122 Å². The number of hydrogen-bond donors (Lipinski definition) is 3. The zero-order chi connectivity index (χ0) is 21.7. The summed E-state index contributed by atoms with van der Waals surface area (Å²) in [6.07, 6.45) is 0. The molecule has 2 aromatic carbocycles. The number of nitrogens with zero attached hydrogens (tertiary/aromatic N) is 3. The van der Waals surface area contributed by atoms with Crippen molar-refractivity contribution < 1.29 is 9.72 Å². The maximum atomic E-state index is 12.4. The van der Waals surface area contributed by atoms with Crippen LogP contribution < -0.4 is 16.0 Å². The fourth-order valence-corrected chi connectivity index (χ4v) is 2.92. The van der Waals surface area contributed by atoms with E-state index in [4.69, 9.17) is 11.6 Å². The molecule has 0 fully saturated rings. The molecule has 3 aromatic rings. The maximum absolute atomic E-state index is 12.4. The maximum Gasteiger partial charge on any atom is 0.270 e. The third kappa shape index (κ3) is 5.21. The smallest absolute Gasteiger partial charge is 0.270 e. The van der Waals surface area contributed by atoms with Crippen LogP contribution in [0.4, 0.5) is 28.8 Å². The van der Waals surface area contributed by atoms with E-state index in [0.717, 1.165) is 29.8 Å². The minimum Gasteiger partial charge on any atom is -0.370 e. The molecule has 0 radical (unpaired) electrons. The predicted molar refractivity (Wildman–Crippen MR) is 117 cm³/mol. The first-order valence-corrected chi connectivity index (χ1v) is 9.45. The molecule has 3 N–H and O–H groups in total. The highest BCUT2D eigenvalue weighted by Gasteiger charge is 2.15. The third-order valence-electron chi connectivity index (χ3n) is 4.02. The fraction of sp³-hybridized carbons (Fsp3) is 0.150. The number of anilines is 4. The molecule has 3 rings (SSSR count). The first-order valence-electron chi connectivity index (χ1n) is 9.07. The Bertz CT molecular complexity index is 1090.